The predicted molar refractivity (Wildman–Crippen MR) is 73.7 cm³/mol. The third-order valence-corrected chi connectivity index (χ3v) is 3.47. The van der Waals surface area contributed by atoms with Gasteiger partial charge in [0, 0.05) is 18.2 Å². The van der Waals surface area contributed by atoms with Crippen molar-refractivity contribution in [2.24, 2.45) is 0 Å². The summed E-state index contributed by atoms with van der Waals surface area (Å²) >= 11 is 0. The maximum Gasteiger partial charge on any atom is 0.159 e. The van der Waals surface area contributed by atoms with Crippen LogP contribution in [0.5, 0.6) is 0 Å². The van der Waals surface area contributed by atoms with Crippen LogP contribution in [0.4, 0.5) is 8.78 Å². The highest BCUT2D eigenvalue weighted by Gasteiger charge is 2.18. The van der Waals surface area contributed by atoms with Crippen LogP contribution in [-0.2, 0) is 0 Å². The van der Waals surface area contributed by atoms with Gasteiger partial charge in [-0.15, -0.1) is 0 Å². The highest BCUT2D eigenvalue weighted by atomic mass is 19.2. The second-order valence-electron chi connectivity index (χ2n) is 5.06. The van der Waals surface area contributed by atoms with Gasteiger partial charge >= 0.3 is 0 Å². The zero-order valence-electron chi connectivity index (χ0n) is 12.2. The van der Waals surface area contributed by atoms with Crippen LogP contribution in [0.3, 0.4) is 0 Å². The standard InChI is InChI=1S/C15H18F2N2O2/c1-8(15-9(2)19-21-10(15)3)18-7-14(20)11-4-5-12(16)13(17)6-11/h4-6,8,14,18,20H,7H2,1-3H3. The minimum Gasteiger partial charge on any atom is -0.387 e. The average molecular weight is 296 g/mol. The van der Waals surface area contributed by atoms with Crippen LogP contribution >= 0.6 is 0 Å². The number of rotatable bonds is 5. The number of aliphatic hydroxyl groups is 1. The molecule has 2 rings (SSSR count). The van der Waals surface area contributed by atoms with Crippen molar-refractivity contribution in [1.29, 1.82) is 0 Å². The Balaban J connectivity index is 2.00. The Morgan fingerprint density at radius 3 is 2.57 bits per heavy atom. The lowest BCUT2D eigenvalue weighted by atomic mass is 10.1. The van der Waals surface area contributed by atoms with E-state index in [4.69, 9.17) is 4.52 Å². The molecule has 6 heteroatoms. The molecule has 1 aromatic carbocycles. The van der Waals surface area contributed by atoms with Crippen molar-refractivity contribution < 1.29 is 18.4 Å². The molecule has 4 nitrogen and oxygen atoms in total. The highest BCUT2D eigenvalue weighted by molar-refractivity contribution is 5.25. The van der Waals surface area contributed by atoms with Crippen molar-refractivity contribution in [1.82, 2.24) is 10.5 Å². The number of aryl methyl sites for hydroxylation is 2. The minimum absolute atomic E-state index is 0.0730. The Labute approximate surface area is 121 Å². The Morgan fingerprint density at radius 2 is 2.00 bits per heavy atom. The van der Waals surface area contributed by atoms with E-state index in [1.54, 1.807) is 0 Å². The first-order chi connectivity index (χ1) is 9.90. The largest absolute Gasteiger partial charge is 0.387 e. The summed E-state index contributed by atoms with van der Waals surface area (Å²) in [6.45, 7) is 5.79. The molecule has 0 aliphatic heterocycles. The van der Waals surface area contributed by atoms with Crippen LogP contribution in [0.2, 0.25) is 0 Å². The summed E-state index contributed by atoms with van der Waals surface area (Å²) in [6, 6.07) is 3.30. The van der Waals surface area contributed by atoms with Gasteiger partial charge in [0.15, 0.2) is 11.6 Å². The Bertz CT molecular complexity index is 609. The minimum atomic E-state index is -0.967. The van der Waals surface area contributed by atoms with Crippen LogP contribution in [0.1, 0.15) is 41.7 Å². The van der Waals surface area contributed by atoms with Crippen molar-refractivity contribution in [3.63, 3.8) is 0 Å². The highest BCUT2D eigenvalue weighted by Crippen LogP contribution is 2.22. The number of hydrogen-bond donors (Lipinski definition) is 2. The van der Waals surface area contributed by atoms with E-state index in [0.29, 0.717) is 5.56 Å². The molecule has 0 radical (unpaired) electrons. The monoisotopic (exact) mass is 296 g/mol. The molecular weight excluding hydrogens is 278 g/mol. The lowest BCUT2D eigenvalue weighted by Gasteiger charge is -2.17. The number of halogens is 2. The number of aliphatic hydroxyl groups excluding tert-OH is 1. The summed E-state index contributed by atoms with van der Waals surface area (Å²) in [7, 11) is 0. The molecule has 114 valence electrons. The molecule has 1 heterocycles. The molecule has 2 N–H and O–H groups in total. The van der Waals surface area contributed by atoms with Crippen LogP contribution in [0.15, 0.2) is 22.7 Å². The first kappa shape index (κ1) is 15.6. The third kappa shape index (κ3) is 3.46. The van der Waals surface area contributed by atoms with Crippen molar-refractivity contribution in [3.8, 4) is 0 Å². The fourth-order valence-corrected chi connectivity index (χ4v) is 2.34. The Morgan fingerprint density at radius 1 is 1.29 bits per heavy atom. The normalized spacial score (nSPS) is 14.2. The first-order valence-electron chi connectivity index (χ1n) is 6.69. The number of hydrogen-bond acceptors (Lipinski definition) is 4. The van der Waals surface area contributed by atoms with Crippen molar-refractivity contribution >= 4 is 0 Å². The van der Waals surface area contributed by atoms with E-state index >= 15 is 0 Å². The van der Waals surface area contributed by atoms with Gasteiger partial charge in [-0.3, -0.25) is 0 Å². The first-order valence-corrected chi connectivity index (χ1v) is 6.69. The van der Waals surface area contributed by atoms with Gasteiger partial charge in [0.05, 0.1) is 11.8 Å². The molecule has 0 fully saturated rings. The molecule has 0 spiro atoms. The van der Waals surface area contributed by atoms with Gasteiger partial charge < -0.3 is 14.9 Å². The topological polar surface area (TPSA) is 58.3 Å². The van der Waals surface area contributed by atoms with Crippen molar-refractivity contribution in [3.05, 3.63) is 52.4 Å². The van der Waals surface area contributed by atoms with Crippen molar-refractivity contribution in [2.75, 3.05) is 6.54 Å². The molecule has 2 aromatic rings. The van der Waals surface area contributed by atoms with Gasteiger partial charge in [0.2, 0.25) is 0 Å². The molecule has 0 saturated heterocycles. The number of nitrogens with zero attached hydrogens (tertiary/aromatic N) is 1. The van der Waals surface area contributed by atoms with E-state index in [-0.39, 0.29) is 12.6 Å². The predicted octanol–water partition coefficient (Wildman–Crippen LogP) is 2.95. The van der Waals surface area contributed by atoms with Crippen LogP contribution in [-0.4, -0.2) is 16.8 Å². The maximum atomic E-state index is 13.1. The lowest BCUT2D eigenvalue weighted by molar-refractivity contribution is 0.170. The zero-order chi connectivity index (χ0) is 15.6. The number of nitrogens with one attached hydrogen (secondary N) is 1. The SMILES string of the molecule is Cc1noc(C)c1C(C)NCC(O)c1ccc(F)c(F)c1. The van der Waals surface area contributed by atoms with Gasteiger partial charge in [-0.2, -0.15) is 0 Å². The molecular formula is C15H18F2N2O2. The van der Waals surface area contributed by atoms with E-state index < -0.39 is 17.7 Å². The molecule has 0 bridgehead atoms. The molecule has 2 atom stereocenters. The molecule has 0 aliphatic rings. The summed E-state index contributed by atoms with van der Waals surface area (Å²) in [4.78, 5) is 0. The van der Waals surface area contributed by atoms with Gasteiger partial charge in [-0.1, -0.05) is 11.2 Å². The Kier molecular flexibility index (Phi) is 4.69. The van der Waals surface area contributed by atoms with E-state index in [9.17, 15) is 13.9 Å². The second kappa shape index (κ2) is 6.32. The van der Waals surface area contributed by atoms with Gasteiger partial charge in [0.25, 0.3) is 0 Å². The number of aromatic nitrogens is 1. The van der Waals surface area contributed by atoms with E-state index in [0.717, 1.165) is 29.2 Å². The quantitative estimate of drug-likeness (QED) is 0.890. The van der Waals surface area contributed by atoms with E-state index in [1.807, 2.05) is 20.8 Å². The smallest absolute Gasteiger partial charge is 0.159 e. The van der Waals surface area contributed by atoms with E-state index in [1.165, 1.54) is 6.07 Å². The van der Waals surface area contributed by atoms with Crippen molar-refractivity contribution in [2.45, 2.75) is 32.9 Å². The fraction of sp³-hybridized carbons (Fsp3) is 0.400. The molecule has 0 aliphatic carbocycles. The summed E-state index contributed by atoms with van der Waals surface area (Å²) in [5.41, 5.74) is 2.05. The lowest BCUT2D eigenvalue weighted by Crippen LogP contribution is -2.25. The zero-order valence-corrected chi connectivity index (χ0v) is 12.2. The summed E-state index contributed by atoms with van der Waals surface area (Å²) in [5.74, 6) is -1.18. The van der Waals surface area contributed by atoms with E-state index in [2.05, 4.69) is 10.5 Å². The molecule has 1 aromatic heterocycles. The maximum absolute atomic E-state index is 13.1. The average Bonchev–Trinajstić information content (AvgIpc) is 2.78. The number of benzene rings is 1. The van der Waals surface area contributed by atoms with Gasteiger partial charge in [0.1, 0.15) is 5.76 Å². The Hall–Kier alpha value is -1.79. The molecule has 0 amide bonds. The molecule has 2 unspecified atom stereocenters. The fourth-order valence-electron chi connectivity index (χ4n) is 2.34. The summed E-state index contributed by atoms with van der Waals surface area (Å²) in [5, 5.41) is 17.0. The summed E-state index contributed by atoms with van der Waals surface area (Å²) in [6.07, 6.45) is -0.928. The molecule has 0 saturated carbocycles. The van der Waals surface area contributed by atoms with Crippen LogP contribution < -0.4 is 5.32 Å². The second-order valence-corrected chi connectivity index (χ2v) is 5.06. The van der Waals surface area contributed by atoms with Gasteiger partial charge in [-0.05, 0) is 38.5 Å². The molecule has 21 heavy (non-hydrogen) atoms. The van der Waals surface area contributed by atoms with Gasteiger partial charge in [-0.25, -0.2) is 8.78 Å². The summed E-state index contributed by atoms with van der Waals surface area (Å²) < 4.78 is 31.1. The van der Waals surface area contributed by atoms with Crippen LogP contribution in [0.25, 0.3) is 0 Å². The van der Waals surface area contributed by atoms with Crippen LogP contribution in [0, 0.1) is 25.5 Å². The third-order valence-electron chi connectivity index (χ3n) is 3.47.